The zero-order chi connectivity index (χ0) is 24.8. The normalized spacial score (nSPS) is 20.1. The first kappa shape index (κ1) is 22.5. The van der Waals surface area contributed by atoms with Crippen LogP contribution in [0.5, 0.6) is 5.75 Å². The SMILES string of the molecule is CC[C@@]1(C)C(=O)CCc2c1cc1n(c2=O)Cc2c-1nc1c(C)c3c(c(C)c1c2CN(C)C)CCO3. The molecule has 35 heavy (non-hydrogen) atoms. The number of rotatable bonds is 3. The fourth-order valence-corrected chi connectivity index (χ4v) is 6.61. The van der Waals surface area contributed by atoms with Crippen molar-refractivity contribution in [3.05, 3.63) is 55.4 Å². The fraction of sp³-hybridized carbons (Fsp3) is 0.483. The molecular weight excluding hydrogens is 438 g/mol. The van der Waals surface area contributed by atoms with Gasteiger partial charge in [-0.15, -0.1) is 0 Å². The van der Waals surface area contributed by atoms with Crippen LogP contribution in [-0.2, 0) is 36.1 Å². The first-order valence-electron chi connectivity index (χ1n) is 12.7. The van der Waals surface area contributed by atoms with Gasteiger partial charge in [0.2, 0.25) is 0 Å². The second-order valence-corrected chi connectivity index (χ2v) is 11.0. The van der Waals surface area contributed by atoms with Gasteiger partial charge >= 0.3 is 0 Å². The van der Waals surface area contributed by atoms with E-state index in [0.29, 0.717) is 32.4 Å². The fourth-order valence-electron chi connectivity index (χ4n) is 6.61. The van der Waals surface area contributed by atoms with Crippen LogP contribution in [0.15, 0.2) is 10.9 Å². The molecule has 6 rings (SSSR count). The van der Waals surface area contributed by atoms with Gasteiger partial charge in [-0.05, 0) is 70.5 Å². The van der Waals surface area contributed by atoms with Crippen LogP contribution >= 0.6 is 0 Å². The average molecular weight is 472 g/mol. The number of hydrogen-bond acceptors (Lipinski definition) is 5. The van der Waals surface area contributed by atoms with Crippen molar-refractivity contribution in [1.82, 2.24) is 14.5 Å². The number of carbonyl (C=O) groups is 1. The lowest BCUT2D eigenvalue weighted by Crippen LogP contribution is -2.41. The summed E-state index contributed by atoms with van der Waals surface area (Å²) in [5.41, 5.74) is 9.83. The molecule has 1 aromatic carbocycles. The van der Waals surface area contributed by atoms with Crippen LogP contribution in [0.1, 0.15) is 65.6 Å². The second kappa shape index (κ2) is 7.50. The number of aromatic nitrogens is 2. The Hall–Kier alpha value is -2.99. The van der Waals surface area contributed by atoms with E-state index in [9.17, 15) is 9.59 Å². The Morgan fingerprint density at radius 1 is 1.09 bits per heavy atom. The number of ketones is 1. The largest absolute Gasteiger partial charge is 0.493 e. The minimum absolute atomic E-state index is 0.0433. The predicted octanol–water partition coefficient (Wildman–Crippen LogP) is 4.22. The van der Waals surface area contributed by atoms with Gasteiger partial charge in [0, 0.05) is 47.0 Å². The van der Waals surface area contributed by atoms with Gasteiger partial charge in [0.1, 0.15) is 11.5 Å². The maximum absolute atomic E-state index is 13.8. The highest BCUT2D eigenvalue weighted by Crippen LogP contribution is 2.45. The summed E-state index contributed by atoms with van der Waals surface area (Å²) in [6.07, 6.45) is 2.58. The summed E-state index contributed by atoms with van der Waals surface area (Å²) in [6, 6.07) is 2.10. The number of pyridine rings is 2. The Morgan fingerprint density at radius 2 is 1.86 bits per heavy atom. The Balaban J connectivity index is 1.70. The van der Waals surface area contributed by atoms with E-state index in [1.54, 1.807) is 0 Å². The summed E-state index contributed by atoms with van der Waals surface area (Å²) < 4.78 is 7.93. The third-order valence-electron chi connectivity index (χ3n) is 8.76. The van der Waals surface area contributed by atoms with E-state index in [0.717, 1.165) is 57.9 Å². The standard InChI is InChI=1S/C29H33N3O3/c1-7-29(4)21-12-22-26-20(14-32(22)28(34)18(21)8-9-23(29)33)19(13-31(5)6)24-15(2)17-10-11-35-27(17)16(3)25(24)30-26/h12H,7-11,13-14H2,1-6H3/t29-/m1/s1. The summed E-state index contributed by atoms with van der Waals surface area (Å²) in [5, 5.41) is 1.21. The van der Waals surface area contributed by atoms with Crippen molar-refractivity contribution >= 4 is 16.7 Å². The van der Waals surface area contributed by atoms with E-state index < -0.39 is 5.41 Å². The number of benzene rings is 1. The van der Waals surface area contributed by atoms with Gasteiger partial charge in [0.05, 0.1) is 35.5 Å². The van der Waals surface area contributed by atoms with E-state index in [-0.39, 0.29) is 11.3 Å². The van der Waals surface area contributed by atoms with E-state index >= 15 is 0 Å². The van der Waals surface area contributed by atoms with Gasteiger partial charge in [-0.3, -0.25) is 9.59 Å². The van der Waals surface area contributed by atoms with Gasteiger partial charge in [0.15, 0.2) is 0 Å². The molecule has 1 aliphatic carbocycles. The molecule has 0 N–H and O–H groups in total. The highest BCUT2D eigenvalue weighted by atomic mass is 16.5. The number of carbonyl (C=O) groups excluding carboxylic acids is 1. The quantitative estimate of drug-likeness (QED) is 0.448. The summed E-state index contributed by atoms with van der Waals surface area (Å²) in [5.74, 6) is 1.21. The lowest BCUT2D eigenvalue weighted by molar-refractivity contribution is -0.124. The molecule has 3 aromatic rings. The molecule has 2 aliphatic heterocycles. The van der Waals surface area contributed by atoms with Crippen molar-refractivity contribution < 1.29 is 9.53 Å². The minimum atomic E-state index is -0.616. The maximum atomic E-state index is 13.8. The van der Waals surface area contributed by atoms with Gasteiger partial charge in [0.25, 0.3) is 5.56 Å². The number of Topliss-reactive ketones (excluding diaryl/α,β-unsaturated/α-hetero) is 1. The van der Waals surface area contributed by atoms with Crippen LogP contribution in [0.3, 0.4) is 0 Å². The van der Waals surface area contributed by atoms with Gasteiger partial charge in [-0.2, -0.15) is 0 Å². The van der Waals surface area contributed by atoms with Crippen molar-refractivity contribution in [1.29, 1.82) is 0 Å². The number of aryl methyl sites for hydroxylation is 2. The number of fused-ring (bicyclic) bond motifs is 6. The van der Waals surface area contributed by atoms with Crippen molar-refractivity contribution in [2.24, 2.45) is 0 Å². The maximum Gasteiger partial charge on any atom is 0.254 e. The van der Waals surface area contributed by atoms with Crippen molar-refractivity contribution in [2.75, 3.05) is 20.7 Å². The van der Waals surface area contributed by atoms with Crippen LogP contribution in [0.4, 0.5) is 0 Å². The van der Waals surface area contributed by atoms with Crippen molar-refractivity contribution in [3.8, 4) is 17.1 Å². The molecule has 0 radical (unpaired) electrons. The van der Waals surface area contributed by atoms with Gasteiger partial charge in [-0.1, -0.05) is 6.92 Å². The van der Waals surface area contributed by atoms with Gasteiger partial charge in [-0.25, -0.2) is 4.98 Å². The van der Waals surface area contributed by atoms with Crippen LogP contribution in [-0.4, -0.2) is 40.9 Å². The Labute approximate surface area is 205 Å². The molecule has 0 amide bonds. The first-order valence-corrected chi connectivity index (χ1v) is 12.7. The Kier molecular flexibility index (Phi) is 4.82. The molecule has 182 valence electrons. The van der Waals surface area contributed by atoms with E-state index in [2.05, 4.69) is 38.9 Å². The summed E-state index contributed by atoms with van der Waals surface area (Å²) in [7, 11) is 4.17. The summed E-state index contributed by atoms with van der Waals surface area (Å²) in [4.78, 5) is 34.2. The monoisotopic (exact) mass is 471 g/mol. The number of hydrogen-bond donors (Lipinski definition) is 0. The van der Waals surface area contributed by atoms with Crippen LogP contribution < -0.4 is 10.3 Å². The van der Waals surface area contributed by atoms with E-state index in [1.165, 1.54) is 22.1 Å². The smallest absolute Gasteiger partial charge is 0.254 e. The molecule has 0 bridgehead atoms. The average Bonchev–Trinajstić information content (AvgIpc) is 3.46. The minimum Gasteiger partial charge on any atom is -0.493 e. The lowest BCUT2D eigenvalue weighted by Gasteiger charge is -2.33. The number of nitrogens with zero attached hydrogens (tertiary/aromatic N) is 3. The zero-order valence-corrected chi connectivity index (χ0v) is 21.6. The molecule has 0 saturated carbocycles. The van der Waals surface area contributed by atoms with Crippen molar-refractivity contribution in [3.63, 3.8) is 0 Å². The zero-order valence-electron chi connectivity index (χ0n) is 21.6. The van der Waals surface area contributed by atoms with Crippen molar-refractivity contribution in [2.45, 2.75) is 71.9 Å². The molecule has 6 heteroatoms. The van der Waals surface area contributed by atoms with Crippen LogP contribution in [0.2, 0.25) is 0 Å². The van der Waals surface area contributed by atoms with E-state index in [1.807, 2.05) is 18.4 Å². The van der Waals surface area contributed by atoms with Gasteiger partial charge < -0.3 is 14.2 Å². The molecule has 0 spiro atoms. The highest BCUT2D eigenvalue weighted by molar-refractivity contribution is 5.96. The molecule has 1 atom stereocenters. The molecule has 4 heterocycles. The van der Waals surface area contributed by atoms with E-state index in [4.69, 9.17) is 9.72 Å². The predicted molar refractivity (Wildman–Crippen MR) is 138 cm³/mol. The molecule has 6 nitrogen and oxygen atoms in total. The Bertz CT molecular complexity index is 1510. The van der Waals surface area contributed by atoms with Crippen LogP contribution in [0, 0.1) is 13.8 Å². The first-order chi connectivity index (χ1) is 16.7. The topological polar surface area (TPSA) is 64.4 Å². The molecular formula is C29H33N3O3. The second-order valence-electron chi connectivity index (χ2n) is 11.0. The third kappa shape index (κ3) is 2.89. The summed E-state index contributed by atoms with van der Waals surface area (Å²) in [6.45, 7) is 10.4. The third-order valence-corrected chi connectivity index (χ3v) is 8.76. The van der Waals surface area contributed by atoms with Crippen LogP contribution in [0.25, 0.3) is 22.3 Å². The number of ether oxygens (including phenoxy) is 1. The molecule has 0 saturated heterocycles. The summed E-state index contributed by atoms with van der Waals surface area (Å²) >= 11 is 0. The Morgan fingerprint density at radius 3 is 2.57 bits per heavy atom. The molecule has 3 aliphatic rings. The lowest BCUT2D eigenvalue weighted by atomic mass is 9.69. The molecule has 0 fully saturated rings. The highest BCUT2D eigenvalue weighted by Gasteiger charge is 2.41. The molecule has 2 aromatic heterocycles. The molecule has 0 unspecified atom stereocenters.